The van der Waals surface area contributed by atoms with E-state index < -0.39 is 47.9 Å². The summed E-state index contributed by atoms with van der Waals surface area (Å²) in [7, 11) is 0. The number of benzene rings is 1. The van der Waals surface area contributed by atoms with Gasteiger partial charge in [0.2, 0.25) is 17.7 Å². The van der Waals surface area contributed by atoms with E-state index in [9.17, 15) is 29.4 Å². The number of hydrogen-bond donors (Lipinski definition) is 8. The van der Waals surface area contributed by atoms with Crippen LogP contribution in [0.15, 0.2) is 29.3 Å². The van der Waals surface area contributed by atoms with Crippen molar-refractivity contribution in [3.8, 4) is 5.75 Å². The summed E-state index contributed by atoms with van der Waals surface area (Å²) in [5, 5.41) is 26.8. The zero-order valence-corrected chi connectivity index (χ0v) is 22.3. The van der Waals surface area contributed by atoms with Gasteiger partial charge in [0.15, 0.2) is 5.96 Å². The number of nitrogens with two attached hydrogens (primary N) is 3. The number of nitrogens with zero attached hydrogens (tertiary/aromatic N) is 1. The average Bonchev–Trinajstić information content (AvgIpc) is 2.83. The Labute approximate surface area is 222 Å². The molecule has 4 atom stereocenters. The average molecular weight is 536 g/mol. The summed E-state index contributed by atoms with van der Waals surface area (Å²) in [6.07, 6.45) is 0.741. The fraction of sp³-hybridized carbons (Fsp3) is 0.560. The van der Waals surface area contributed by atoms with Crippen molar-refractivity contribution in [2.24, 2.45) is 34.0 Å². The number of aliphatic carboxylic acids is 1. The van der Waals surface area contributed by atoms with Gasteiger partial charge in [-0.15, -0.1) is 0 Å². The summed E-state index contributed by atoms with van der Waals surface area (Å²) >= 11 is 0. The Hall–Kier alpha value is -3.87. The van der Waals surface area contributed by atoms with Gasteiger partial charge in [-0.3, -0.25) is 19.4 Å². The van der Waals surface area contributed by atoms with Crippen molar-refractivity contribution in [3.63, 3.8) is 0 Å². The van der Waals surface area contributed by atoms with Gasteiger partial charge in [0, 0.05) is 13.0 Å². The first-order valence-corrected chi connectivity index (χ1v) is 12.5. The molecule has 13 nitrogen and oxygen atoms in total. The highest BCUT2D eigenvalue weighted by atomic mass is 16.4. The van der Waals surface area contributed by atoms with Crippen LogP contribution in [-0.2, 0) is 25.6 Å². The number of phenols is 1. The number of carbonyl (C=O) groups is 4. The number of carboxylic acids is 1. The molecule has 1 aromatic carbocycles. The lowest BCUT2D eigenvalue weighted by molar-refractivity contribution is -0.142. The monoisotopic (exact) mass is 535 g/mol. The van der Waals surface area contributed by atoms with Gasteiger partial charge >= 0.3 is 5.97 Å². The molecule has 11 N–H and O–H groups in total. The van der Waals surface area contributed by atoms with Crippen LogP contribution in [0.3, 0.4) is 0 Å². The minimum atomic E-state index is -1.26. The lowest BCUT2D eigenvalue weighted by atomic mass is 9.98. The van der Waals surface area contributed by atoms with Crippen LogP contribution in [0, 0.1) is 11.8 Å². The highest BCUT2D eigenvalue weighted by Crippen LogP contribution is 2.13. The number of hydrogen-bond acceptors (Lipinski definition) is 7. The molecule has 1 aromatic rings. The Morgan fingerprint density at radius 2 is 1.37 bits per heavy atom. The van der Waals surface area contributed by atoms with Crippen molar-refractivity contribution in [1.29, 1.82) is 0 Å². The SMILES string of the molecule is CC(C)C(NC(=O)C(N)CCCN=C(N)N)C(=O)NC(C(=O)NC(Cc1ccc(O)cc1)C(=O)O)C(C)C. The molecule has 0 radical (unpaired) electrons. The number of rotatable bonds is 15. The molecule has 0 aliphatic heterocycles. The van der Waals surface area contributed by atoms with Crippen molar-refractivity contribution in [1.82, 2.24) is 16.0 Å². The first-order chi connectivity index (χ1) is 17.7. The van der Waals surface area contributed by atoms with E-state index in [1.54, 1.807) is 39.8 Å². The van der Waals surface area contributed by atoms with E-state index in [1.165, 1.54) is 12.1 Å². The molecule has 0 saturated carbocycles. The van der Waals surface area contributed by atoms with Crippen LogP contribution in [-0.4, -0.2) is 70.6 Å². The standard InChI is InChI=1S/C25H41N7O6/c1-13(2)19(22(35)30-18(24(37)38)12-15-7-9-16(33)10-8-15)32-23(36)20(14(3)4)31-21(34)17(26)6-5-11-29-25(27)28/h7-10,13-14,17-20,33H,5-6,11-12,26H2,1-4H3,(H,30,35)(H,31,34)(H,32,36)(H,37,38)(H4,27,28,29). The second-order valence-corrected chi connectivity index (χ2v) is 9.79. The van der Waals surface area contributed by atoms with Crippen LogP contribution >= 0.6 is 0 Å². The molecule has 0 spiro atoms. The molecule has 0 bridgehead atoms. The number of aromatic hydroxyl groups is 1. The molecule has 1 rings (SSSR count). The van der Waals surface area contributed by atoms with Gasteiger partial charge in [-0.1, -0.05) is 39.8 Å². The number of phenolic OH excluding ortho intramolecular Hbond substituents is 1. The van der Waals surface area contributed by atoms with E-state index in [1.807, 2.05) is 0 Å². The summed E-state index contributed by atoms with van der Waals surface area (Å²) in [6, 6.07) is 1.76. The first kappa shape index (κ1) is 32.2. The Balaban J connectivity index is 2.87. The second-order valence-electron chi connectivity index (χ2n) is 9.79. The summed E-state index contributed by atoms with van der Waals surface area (Å²) in [5.41, 5.74) is 17.1. The molecule has 4 unspecified atom stereocenters. The molecule has 212 valence electrons. The fourth-order valence-corrected chi connectivity index (χ4v) is 3.55. The number of aliphatic imine (C=N–C) groups is 1. The van der Waals surface area contributed by atoms with Gasteiger partial charge in [-0.05, 0) is 42.4 Å². The number of carboxylic acid groups (broad SMARTS) is 1. The van der Waals surface area contributed by atoms with Gasteiger partial charge in [-0.25, -0.2) is 4.79 Å². The Bertz CT molecular complexity index is 977. The van der Waals surface area contributed by atoms with E-state index in [0.717, 1.165) is 0 Å². The lowest BCUT2D eigenvalue weighted by Crippen LogP contribution is -2.59. The zero-order valence-electron chi connectivity index (χ0n) is 22.3. The maximum Gasteiger partial charge on any atom is 0.326 e. The summed E-state index contributed by atoms with van der Waals surface area (Å²) in [4.78, 5) is 54.4. The third kappa shape index (κ3) is 11.0. The molecule has 0 aromatic heterocycles. The molecule has 0 aliphatic carbocycles. The van der Waals surface area contributed by atoms with Gasteiger partial charge < -0.3 is 43.4 Å². The van der Waals surface area contributed by atoms with Crippen molar-refractivity contribution in [2.45, 2.75) is 71.1 Å². The number of amides is 3. The molecule has 13 heteroatoms. The quantitative estimate of drug-likeness (QED) is 0.0793. The zero-order chi connectivity index (χ0) is 29.0. The molecule has 0 fully saturated rings. The number of nitrogens with one attached hydrogen (secondary N) is 3. The Kier molecular flexibility index (Phi) is 13.0. The number of carbonyl (C=O) groups excluding carboxylic acids is 3. The van der Waals surface area contributed by atoms with E-state index >= 15 is 0 Å². The first-order valence-electron chi connectivity index (χ1n) is 12.5. The molecular weight excluding hydrogens is 494 g/mol. The molecule has 3 amide bonds. The maximum absolute atomic E-state index is 13.1. The van der Waals surface area contributed by atoms with Gasteiger partial charge in [0.1, 0.15) is 23.9 Å². The van der Waals surface area contributed by atoms with Crippen LogP contribution in [0.1, 0.15) is 46.1 Å². The molecule has 38 heavy (non-hydrogen) atoms. The summed E-state index contributed by atoms with van der Waals surface area (Å²) in [6.45, 7) is 7.19. The minimum Gasteiger partial charge on any atom is -0.508 e. The van der Waals surface area contributed by atoms with Gasteiger partial charge in [-0.2, -0.15) is 0 Å². The largest absolute Gasteiger partial charge is 0.508 e. The van der Waals surface area contributed by atoms with Crippen molar-refractivity contribution >= 4 is 29.7 Å². The minimum absolute atomic E-state index is 0.0220. The smallest absolute Gasteiger partial charge is 0.326 e. The van der Waals surface area contributed by atoms with Gasteiger partial charge in [0.05, 0.1) is 6.04 Å². The van der Waals surface area contributed by atoms with Crippen LogP contribution in [0.2, 0.25) is 0 Å². The van der Waals surface area contributed by atoms with Crippen LogP contribution in [0.25, 0.3) is 0 Å². The third-order valence-corrected chi connectivity index (χ3v) is 5.79. The van der Waals surface area contributed by atoms with Gasteiger partial charge in [0.25, 0.3) is 0 Å². The summed E-state index contributed by atoms with van der Waals surface area (Å²) < 4.78 is 0. The Morgan fingerprint density at radius 3 is 1.84 bits per heavy atom. The molecule has 0 aliphatic rings. The molecule has 0 saturated heterocycles. The van der Waals surface area contributed by atoms with Crippen LogP contribution < -0.4 is 33.2 Å². The second kappa shape index (κ2) is 15.4. The van der Waals surface area contributed by atoms with Crippen LogP contribution in [0.5, 0.6) is 5.75 Å². The van der Waals surface area contributed by atoms with Crippen molar-refractivity contribution in [3.05, 3.63) is 29.8 Å². The van der Waals surface area contributed by atoms with Crippen LogP contribution in [0.4, 0.5) is 0 Å². The highest BCUT2D eigenvalue weighted by Gasteiger charge is 2.33. The molecule has 0 heterocycles. The van der Waals surface area contributed by atoms with Crippen molar-refractivity contribution < 1.29 is 29.4 Å². The normalized spacial score (nSPS) is 14.2. The fourth-order valence-electron chi connectivity index (χ4n) is 3.55. The van der Waals surface area contributed by atoms with E-state index in [-0.39, 0.29) is 30.0 Å². The number of guanidine groups is 1. The van der Waals surface area contributed by atoms with Crippen molar-refractivity contribution in [2.75, 3.05) is 6.54 Å². The van der Waals surface area contributed by atoms with E-state index in [0.29, 0.717) is 24.9 Å². The topological polar surface area (TPSA) is 235 Å². The predicted octanol–water partition coefficient (Wildman–Crippen LogP) is -0.833. The lowest BCUT2D eigenvalue weighted by Gasteiger charge is -2.28. The van der Waals surface area contributed by atoms with E-state index in [4.69, 9.17) is 17.2 Å². The maximum atomic E-state index is 13.1. The Morgan fingerprint density at radius 1 is 0.868 bits per heavy atom. The highest BCUT2D eigenvalue weighted by molar-refractivity contribution is 5.94. The summed E-state index contributed by atoms with van der Waals surface area (Å²) in [5.74, 6) is -3.79. The third-order valence-electron chi connectivity index (χ3n) is 5.79. The van der Waals surface area contributed by atoms with E-state index in [2.05, 4.69) is 20.9 Å². The predicted molar refractivity (Wildman–Crippen MR) is 143 cm³/mol. The molecular formula is C25H41N7O6.